The van der Waals surface area contributed by atoms with Gasteiger partial charge in [-0.15, -0.1) is 0 Å². The second kappa shape index (κ2) is 6.28. The number of benzene rings is 1. The molecule has 2 N–H and O–H groups in total. The van der Waals surface area contributed by atoms with Gasteiger partial charge in [0.15, 0.2) is 5.13 Å². The van der Waals surface area contributed by atoms with Crippen molar-refractivity contribution in [1.82, 2.24) is 4.98 Å². The number of anilines is 1. The lowest BCUT2D eigenvalue weighted by Crippen LogP contribution is -2.13. The Morgan fingerprint density at radius 2 is 2.35 bits per heavy atom. The summed E-state index contributed by atoms with van der Waals surface area (Å²) >= 11 is 1.16. The molecule has 0 aliphatic rings. The van der Waals surface area contributed by atoms with Gasteiger partial charge in [0, 0.05) is 0 Å². The predicted octanol–water partition coefficient (Wildman–Crippen LogP) is 2.19. The van der Waals surface area contributed by atoms with Crippen molar-refractivity contribution in [2.75, 3.05) is 11.9 Å². The lowest BCUT2D eigenvalue weighted by molar-refractivity contribution is 0.102. The van der Waals surface area contributed by atoms with E-state index in [0.29, 0.717) is 10.0 Å². The number of nitrogens with zero attached hydrogens (tertiary/aromatic N) is 1. The number of aromatic nitrogens is 1. The SMILES string of the molecule is Cc1ccc(F)c(C(=O)Nc2ncc(C#CCO)s2)c1. The molecule has 0 aliphatic carbocycles. The van der Waals surface area contributed by atoms with Crippen LogP contribution in [0.2, 0.25) is 0 Å². The molecule has 2 rings (SSSR count). The van der Waals surface area contributed by atoms with Gasteiger partial charge in [-0.1, -0.05) is 34.8 Å². The van der Waals surface area contributed by atoms with Crippen LogP contribution in [0.25, 0.3) is 0 Å². The highest BCUT2D eigenvalue weighted by atomic mass is 32.1. The zero-order valence-corrected chi connectivity index (χ0v) is 11.4. The first-order valence-corrected chi connectivity index (χ1v) is 6.55. The van der Waals surface area contributed by atoms with Crippen LogP contribution < -0.4 is 5.32 Å². The lowest BCUT2D eigenvalue weighted by Gasteiger charge is -2.04. The van der Waals surface area contributed by atoms with Crippen molar-refractivity contribution in [2.24, 2.45) is 0 Å². The molecule has 0 saturated carbocycles. The molecule has 1 aromatic carbocycles. The molecule has 0 fully saturated rings. The molecule has 20 heavy (non-hydrogen) atoms. The summed E-state index contributed by atoms with van der Waals surface area (Å²) in [5.41, 5.74) is 0.772. The summed E-state index contributed by atoms with van der Waals surface area (Å²) < 4.78 is 13.6. The Hall–Kier alpha value is -2.23. The Balaban J connectivity index is 2.15. The van der Waals surface area contributed by atoms with Gasteiger partial charge in [0.25, 0.3) is 5.91 Å². The Kier molecular flexibility index (Phi) is 4.45. The maximum atomic E-state index is 13.6. The van der Waals surface area contributed by atoms with E-state index < -0.39 is 11.7 Å². The van der Waals surface area contributed by atoms with E-state index in [2.05, 4.69) is 22.1 Å². The number of carbonyl (C=O) groups excluding carboxylic acids is 1. The second-order valence-electron chi connectivity index (χ2n) is 3.93. The van der Waals surface area contributed by atoms with Gasteiger partial charge in [-0.25, -0.2) is 9.37 Å². The number of aryl methyl sites for hydroxylation is 1. The first-order valence-electron chi connectivity index (χ1n) is 5.73. The van der Waals surface area contributed by atoms with Gasteiger partial charge in [-0.2, -0.15) is 0 Å². The zero-order valence-electron chi connectivity index (χ0n) is 10.6. The minimum absolute atomic E-state index is 0.0248. The molecule has 0 saturated heterocycles. The smallest absolute Gasteiger partial charge is 0.260 e. The van der Waals surface area contributed by atoms with E-state index in [1.165, 1.54) is 18.3 Å². The molecular formula is C14H11FN2O2S. The number of aliphatic hydroxyl groups excluding tert-OH is 1. The number of hydrogen-bond donors (Lipinski definition) is 2. The minimum Gasteiger partial charge on any atom is -0.384 e. The number of hydrogen-bond acceptors (Lipinski definition) is 4. The van der Waals surface area contributed by atoms with Gasteiger partial charge in [-0.3, -0.25) is 10.1 Å². The van der Waals surface area contributed by atoms with Crippen LogP contribution >= 0.6 is 11.3 Å². The van der Waals surface area contributed by atoms with Gasteiger partial charge in [0.2, 0.25) is 0 Å². The maximum Gasteiger partial charge on any atom is 0.260 e. The largest absolute Gasteiger partial charge is 0.384 e. The van der Waals surface area contributed by atoms with Crippen molar-refractivity contribution in [1.29, 1.82) is 0 Å². The number of halogens is 1. The van der Waals surface area contributed by atoms with Crippen LogP contribution in [0.5, 0.6) is 0 Å². The second-order valence-corrected chi connectivity index (χ2v) is 4.96. The summed E-state index contributed by atoms with van der Waals surface area (Å²) in [6.07, 6.45) is 1.48. The standard InChI is InChI=1S/C14H11FN2O2S/c1-9-4-5-12(15)11(7-9)13(19)17-14-16-8-10(20-14)3-2-6-18/h4-5,7-8,18H,6H2,1H3,(H,16,17,19). The third kappa shape index (κ3) is 3.41. The van der Waals surface area contributed by atoms with Gasteiger partial charge >= 0.3 is 0 Å². The highest BCUT2D eigenvalue weighted by molar-refractivity contribution is 7.16. The fraction of sp³-hybridized carbons (Fsp3) is 0.143. The third-order valence-corrected chi connectivity index (χ3v) is 3.21. The van der Waals surface area contributed by atoms with Crippen LogP contribution in [0.4, 0.5) is 9.52 Å². The van der Waals surface area contributed by atoms with Gasteiger partial charge in [0.05, 0.1) is 16.6 Å². The Morgan fingerprint density at radius 1 is 1.55 bits per heavy atom. The van der Waals surface area contributed by atoms with Crippen molar-refractivity contribution >= 4 is 22.4 Å². The number of nitrogens with one attached hydrogen (secondary N) is 1. The highest BCUT2D eigenvalue weighted by Gasteiger charge is 2.13. The summed E-state index contributed by atoms with van der Waals surface area (Å²) in [6, 6.07) is 4.33. The topological polar surface area (TPSA) is 62.2 Å². The van der Waals surface area contributed by atoms with Crippen molar-refractivity contribution in [3.63, 3.8) is 0 Å². The number of amides is 1. The molecule has 0 spiro atoms. The number of rotatable bonds is 2. The average molecular weight is 290 g/mol. The molecule has 6 heteroatoms. The summed E-state index contributed by atoms with van der Waals surface area (Å²) in [7, 11) is 0. The van der Waals surface area contributed by atoms with Crippen LogP contribution in [0.3, 0.4) is 0 Å². The summed E-state index contributed by atoms with van der Waals surface area (Å²) in [4.78, 5) is 16.5. The van der Waals surface area contributed by atoms with Gasteiger partial charge in [-0.05, 0) is 19.1 Å². The summed E-state index contributed by atoms with van der Waals surface area (Å²) in [5.74, 6) is 4.03. The first-order chi connectivity index (χ1) is 9.60. The minimum atomic E-state index is -0.579. The Labute approximate surface area is 119 Å². The van der Waals surface area contributed by atoms with Crippen molar-refractivity contribution in [3.8, 4) is 11.8 Å². The summed E-state index contributed by atoms with van der Waals surface area (Å²) in [5, 5.41) is 11.4. The molecule has 4 nitrogen and oxygen atoms in total. The van der Waals surface area contributed by atoms with Gasteiger partial charge in [0.1, 0.15) is 12.4 Å². The maximum absolute atomic E-state index is 13.6. The van der Waals surface area contributed by atoms with Crippen molar-refractivity contribution in [3.05, 3.63) is 46.2 Å². The van der Waals surface area contributed by atoms with Crippen LogP contribution in [-0.4, -0.2) is 22.6 Å². The molecule has 1 amide bonds. The van der Waals surface area contributed by atoms with E-state index in [0.717, 1.165) is 16.9 Å². The molecule has 102 valence electrons. The van der Waals surface area contributed by atoms with Crippen LogP contribution in [0.15, 0.2) is 24.4 Å². The number of thiazole rings is 1. The summed E-state index contributed by atoms with van der Waals surface area (Å²) in [6.45, 7) is 1.54. The van der Waals surface area contributed by atoms with E-state index in [1.807, 2.05) is 0 Å². The third-order valence-electron chi connectivity index (χ3n) is 2.38. The van der Waals surface area contributed by atoms with Crippen LogP contribution in [0.1, 0.15) is 20.8 Å². The lowest BCUT2D eigenvalue weighted by atomic mass is 10.1. The Morgan fingerprint density at radius 3 is 3.10 bits per heavy atom. The van der Waals surface area contributed by atoms with E-state index in [9.17, 15) is 9.18 Å². The molecule has 0 bridgehead atoms. The average Bonchev–Trinajstić information content (AvgIpc) is 2.86. The molecule has 0 aliphatic heterocycles. The van der Waals surface area contributed by atoms with E-state index >= 15 is 0 Å². The fourth-order valence-electron chi connectivity index (χ4n) is 1.49. The first kappa shape index (κ1) is 14.2. The predicted molar refractivity (Wildman–Crippen MR) is 75.2 cm³/mol. The number of carbonyl (C=O) groups is 1. The Bertz CT molecular complexity index is 701. The fourth-order valence-corrected chi connectivity index (χ4v) is 2.18. The number of aliphatic hydroxyl groups is 1. The molecule has 1 heterocycles. The molecule has 0 atom stereocenters. The molecule has 0 unspecified atom stereocenters. The molecule has 1 aromatic heterocycles. The van der Waals surface area contributed by atoms with E-state index in [1.54, 1.807) is 13.0 Å². The van der Waals surface area contributed by atoms with Crippen LogP contribution in [0, 0.1) is 24.6 Å². The van der Waals surface area contributed by atoms with Crippen LogP contribution in [-0.2, 0) is 0 Å². The van der Waals surface area contributed by atoms with E-state index in [-0.39, 0.29) is 12.2 Å². The monoisotopic (exact) mass is 290 g/mol. The zero-order chi connectivity index (χ0) is 14.5. The van der Waals surface area contributed by atoms with Gasteiger partial charge < -0.3 is 5.11 Å². The molecular weight excluding hydrogens is 279 g/mol. The molecule has 2 aromatic rings. The van der Waals surface area contributed by atoms with Crippen molar-refractivity contribution < 1.29 is 14.3 Å². The van der Waals surface area contributed by atoms with E-state index in [4.69, 9.17) is 5.11 Å². The highest BCUT2D eigenvalue weighted by Crippen LogP contribution is 2.19. The molecule has 0 radical (unpaired) electrons. The quantitative estimate of drug-likeness (QED) is 0.833. The normalized spacial score (nSPS) is 9.75. The van der Waals surface area contributed by atoms with Crippen molar-refractivity contribution in [2.45, 2.75) is 6.92 Å².